The molecule has 8 heteroatoms. The summed E-state index contributed by atoms with van der Waals surface area (Å²) in [6.45, 7) is 5.93. The summed E-state index contributed by atoms with van der Waals surface area (Å²) in [5.41, 5.74) is 4.02. The molecule has 0 aromatic heterocycles. The van der Waals surface area contributed by atoms with Crippen molar-refractivity contribution in [3.63, 3.8) is 0 Å². The lowest BCUT2D eigenvalue weighted by Crippen LogP contribution is -2.33. The van der Waals surface area contributed by atoms with E-state index in [0.717, 1.165) is 28.5 Å². The lowest BCUT2D eigenvalue weighted by Gasteiger charge is -2.15. The van der Waals surface area contributed by atoms with Crippen molar-refractivity contribution in [1.29, 1.82) is 0 Å². The Bertz CT molecular complexity index is 982. The van der Waals surface area contributed by atoms with Crippen molar-refractivity contribution in [2.75, 3.05) is 12.8 Å². The Hall–Kier alpha value is -1.74. The van der Waals surface area contributed by atoms with E-state index >= 15 is 0 Å². The molecule has 1 unspecified atom stereocenters. The van der Waals surface area contributed by atoms with Gasteiger partial charge in [-0.25, -0.2) is 26.3 Å². The quantitative estimate of drug-likeness (QED) is 0.647. The van der Waals surface area contributed by atoms with E-state index in [-0.39, 0.29) is 12.5 Å². The standard InChI is InChI=1S/C20H28N2O4S2/c1-15(2)28(25,26)22-13-16(3)18-9-11-20(12-10-18)19-7-5-17(6-8-19)14-21-27(4,23)24/h5-12,15-16,21-22H,13-14H2,1-4H3. The fraction of sp³-hybridized carbons (Fsp3) is 0.400. The highest BCUT2D eigenvalue weighted by Gasteiger charge is 2.17. The maximum absolute atomic E-state index is 11.9. The van der Waals surface area contributed by atoms with Gasteiger partial charge in [-0.3, -0.25) is 0 Å². The van der Waals surface area contributed by atoms with E-state index in [1.54, 1.807) is 13.8 Å². The molecule has 0 saturated heterocycles. The fourth-order valence-electron chi connectivity index (χ4n) is 2.56. The van der Waals surface area contributed by atoms with Gasteiger partial charge in [0, 0.05) is 13.1 Å². The van der Waals surface area contributed by atoms with E-state index in [1.807, 2.05) is 55.5 Å². The molecule has 0 saturated carbocycles. The number of nitrogens with one attached hydrogen (secondary N) is 2. The molecule has 1 atom stereocenters. The highest BCUT2D eigenvalue weighted by atomic mass is 32.2. The summed E-state index contributed by atoms with van der Waals surface area (Å²) < 4.78 is 51.2. The van der Waals surface area contributed by atoms with Crippen molar-refractivity contribution in [2.24, 2.45) is 0 Å². The van der Waals surface area contributed by atoms with Crippen LogP contribution in [-0.4, -0.2) is 34.9 Å². The zero-order valence-corrected chi connectivity index (χ0v) is 18.3. The topological polar surface area (TPSA) is 92.3 Å². The summed E-state index contributed by atoms with van der Waals surface area (Å²) in [6, 6.07) is 15.7. The van der Waals surface area contributed by atoms with Crippen LogP contribution in [0.4, 0.5) is 0 Å². The molecule has 2 N–H and O–H groups in total. The van der Waals surface area contributed by atoms with Gasteiger partial charge < -0.3 is 0 Å². The van der Waals surface area contributed by atoms with E-state index in [9.17, 15) is 16.8 Å². The van der Waals surface area contributed by atoms with Crippen LogP contribution in [0.3, 0.4) is 0 Å². The summed E-state index contributed by atoms with van der Waals surface area (Å²) in [6.07, 6.45) is 1.14. The highest BCUT2D eigenvalue weighted by Crippen LogP contribution is 2.23. The Morgan fingerprint density at radius 2 is 1.29 bits per heavy atom. The molecule has 154 valence electrons. The Balaban J connectivity index is 2.02. The van der Waals surface area contributed by atoms with E-state index in [4.69, 9.17) is 0 Å². The molecule has 2 aromatic rings. The van der Waals surface area contributed by atoms with Gasteiger partial charge in [0.25, 0.3) is 0 Å². The van der Waals surface area contributed by atoms with Crippen molar-refractivity contribution < 1.29 is 16.8 Å². The first-order valence-electron chi connectivity index (χ1n) is 9.10. The van der Waals surface area contributed by atoms with Crippen molar-refractivity contribution in [1.82, 2.24) is 9.44 Å². The van der Waals surface area contributed by atoms with Crippen LogP contribution in [0.2, 0.25) is 0 Å². The fourth-order valence-corrected chi connectivity index (χ4v) is 3.80. The maximum Gasteiger partial charge on any atom is 0.213 e. The van der Waals surface area contributed by atoms with Gasteiger partial charge in [-0.2, -0.15) is 0 Å². The summed E-state index contributed by atoms with van der Waals surface area (Å²) in [7, 11) is -6.47. The first-order chi connectivity index (χ1) is 13.0. The van der Waals surface area contributed by atoms with Gasteiger partial charge in [0.1, 0.15) is 0 Å². The second kappa shape index (κ2) is 9.17. The Morgan fingerprint density at radius 1 is 0.786 bits per heavy atom. The third-order valence-corrected chi connectivity index (χ3v) is 7.00. The Morgan fingerprint density at radius 3 is 1.75 bits per heavy atom. The third kappa shape index (κ3) is 6.70. The first kappa shape index (κ1) is 22.5. The molecule has 6 nitrogen and oxygen atoms in total. The number of benzene rings is 2. The second-order valence-electron chi connectivity index (χ2n) is 7.26. The minimum Gasteiger partial charge on any atom is -0.214 e. The molecular weight excluding hydrogens is 396 g/mol. The Kier molecular flexibility index (Phi) is 7.39. The predicted octanol–water partition coefficient (Wildman–Crippen LogP) is 2.83. The van der Waals surface area contributed by atoms with Gasteiger partial charge in [0.15, 0.2) is 0 Å². The number of hydrogen-bond donors (Lipinski definition) is 2. The molecule has 0 radical (unpaired) electrons. The van der Waals surface area contributed by atoms with Gasteiger partial charge in [0.05, 0.1) is 11.5 Å². The van der Waals surface area contributed by atoms with Gasteiger partial charge in [-0.05, 0) is 42.0 Å². The van der Waals surface area contributed by atoms with Crippen LogP contribution in [0.5, 0.6) is 0 Å². The van der Waals surface area contributed by atoms with E-state index in [0.29, 0.717) is 6.54 Å². The van der Waals surface area contributed by atoms with Gasteiger partial charge in [-0.15, -0.1) is 0 Å². The lowest BCUT2D eigenvalue weighted by atomic mass is 9.97. The number of sulfonamides is 2. The molecule has 0 spiro atoms. The van der Waals surface area contributed by atoms with Crippen molar-refractivity contribution in [2.45, 2.75) is 38.5 Å². The monoisotopic (exact) mass is 424 g/mol. The van der Waals surface area contributed by atoms with Crippen molar-refractivity contribution in [3.05, 3.63) is 59.7 Å². The molecule has 0 amide bonds. The molecule has 0 aliphatic carbocycles. The average molecular weight is 425 g/mol. The summed E-state index contributed by atoms with van der Waals surface area (Å²) >= 11 is 0. The normalized spacial score (nSPS) is 13.6. The predicted molar refractivity (Wildman–Crippen MR) is 114 cm³/mol. The largest absolute Gasteiger partial charge is 0.214 e. The van der Waals surface area contributed by atoms with Crippen LogP contribution >= 0.6 is 0 Å². The van der Waals surface area contributed by atoms with Crippen molar-refractivity contribution >= 4 is 20.0 Å². The van der Waals surface area contributed by atoms with E-state index < -0.39 is 25.3 Å². The summed E-state index contributed by atoms with van der Waals surface area (Å²) in [4.78, 5) is 0. The van der Waals surface area contributed by atoms with Crippen LogP contribution < -0.4 is 9.44 Å². The van der Waals surface area contributed by atoms with E-state index in [2.05, 4.69) is 9.44 Å². The average Bonchev–Trinajstić information content (AvgIpc) is 2.64. The summed E-state index contributed by atoms with van der Waals surface area (Å²) in [5, 5.41) is -0.447. The molecule has 2 aromatic carbocycles. The van der Waals surface area contributed by atoms with Gasteiger partial charge in [0.2, 0.25) is 20.0 Å². The molecule has 0 aliphatic rings. The second-order valence-corrected chi connectivity index (χ2v) is 11.4. The molecular formula is C20H28N2O4S2. The smallest absolute Gasteiger partial charge is 0.213 e. The van der Waals surface area contributed by atoms with Gasteiger partial charge in [-0.1, -0.05) is 55.5 Å². The minimum atomic E-state index is -3.26. The Labute approximate surface area is 168 Å². The zero-order chi connectivity index (χ0) is 20.9. The number of rotatable bonds is 9. The van der Waals surface area contributed by atoms with E-state index in [1.165, 1.54) is 0 Å². The SMILES string of the molecule is CC(CNS(=O)(=O)C(C)C)c1ccc(-c2ccc(CNS(C)(=O)=O)cc2)cc1. The molecule has 0 aliphatic heterocycles. The van der Waals surface area contributed by atoms with Crippen LogP contribution in [0, 0.1) is 0 Å². The van der Waals surface area contributed by atoms with Crippen LogP contribution in [0.1, 0.15) is 37.8 Å². The zero-order valence-electron chi connectivity index (χ0n) is 16.6. The molecule has 0 heterocycles. The summed E-state index contributed by atoms with van der Waals surface area (Å²) in [5.74, 6) is 0.0621. The molecule has 2 rings (SSSR count). The lowest BCUT2D eigenvalue weighted by molar-refractivity contribution is 0.566. The first-order valence-corrected chi connectivity index (χ1v) is 12.5. The molecule has 28 heavy (non-hydrogen) atoms. The third-order valence-electron chi connectivity index (χ3n) is 4.52. The van der Waals surface area contributed by atoms with Gasteiger partial charge >= 0.3 is 0 Å². The van der Waals surface area contributed by atoms with Crippen LogP contribution in [0.15, 0.2) is 48.5 Å². The molecule has 0 fully saturated rings. The minimum absolute atomic E-state index is 0.0621. The highest BCUT2D eigenvalue weighted by molar-refractivity contribution is 7.90. The van der Waals surface area contributed by atoms with Crippen molar-refractivity contribution in [3.8, 4) is 11.1 Å². The molecule has 0 bridgehead atoms. The number of hydrogen-bond acceptors (Lipinski definition) is 4. The van der Waals surface area contributed by atoms with Crippen LogP contribution in [-0.2, 0) is 26.6 Å². The van der Waals surface area contributed by atoms with Crippen LogP contribution in [0.25, 0.3) is 11.1 Å². The maximum atomic E-state index is 11.9.